The lowest BCUT2D eigenvalue weighted by molar-refractivity contribution is 0.0693. The fourth-order valence-electron chi connectivity index (χ4n) is 2.76. The largest absolute Gasteiger partial charge is 0.477 e. The number of nitrogens with zero attached hydrogens (tertiary/aromatic N) is 1. The summed E-state index contributed by atoms with van der Waals surface area (Å²) < 4.78 is 1.44. The Morgan fingerprint density at radius 2 is 1.95 bits per heavy atom. The molecule has 4 heteroatoms. The van der Waals surface area contributed by atoms with Crippen molar-refractivity contribution in [2.45, 2.75) is 27.2 Å². The molecule has 0 radical (unpaired) electrons. The molecule has 0 aliphatic carbocycles. The molecular weight excluding hydrogens is 242 g/mol. The quantitative estimate of drug-likeness (QED) is 0.901. The molecular formula is C15H17NO3. The predicted octanol–water partition coefficient (Wildman–Crippen LogP) is 2.42. The molecule has 0 spiro atoms. The third-order valence-corrected chi connectivity index (χ3v) is 3.49. The lowest BCUT2D eigenvalue weighted by Gasteiger charge is -2.15. The molecule has 1 aromatic heterocycles. The third-order valence-electron chi connectivity index (χ3n) is 3.49. The van der Waals surface area contributed by atoms with Gasteiger partial charge in [-0.2, -0.15) is 0 Å². The number of fused-ring (bicyclic) bond motifs is 1. The minimum absolute atomic E-state index is 0.109. The first-order chi connectivity index (χ1) is 8.88. The monoisotopic (exact) mass is 259 g/mol. The summed E-state index contributed by atoms with van der Waals surface area (Å²) in [6.07, 6.45) is 0.525. The number of hydrogen-bond donors (Lipinski definition) is 1. The summed E-state index contributed by atoms with van der Waals surface area (Å²) in [5.41, 5.74) is 2.94. The zero-order chi connectivity index (χ0) is 14.3. The van der Waals surface area contributed by atoms with Gasteiger partial charge in [-0.1, -0.05) is 18.6 Å². The molecule has 0 aliphatic rings. The van der Waals surface area contributed by atoms with E-state index >= 15 is 0 Å². The van der Waals surface area contributed by atoms with E-state index in [2.05, 4.69) is 0 Å². The van der Waals surface area contributed by atoms with Gasteiger partial charge in [0.2, 0.25) is 0 Å². The van der Waals surface area contributed by atoms with E-state index in [0.717, 1.165) is 22.0 Å². The van der Waals surface area contributed by atoms with E-state index in [4.69, 9.17) is 0 Å². The van der Waals surface area contributed by atoms with Gasteiger partial charge in [0.25, 0.3) is 5.56 Å². The fourth-order valence-corrected chi connectivity index (χ4v) is 2.76. The average molecular weight is 259 g/mol. The van der Waals surface area contributed by atoms with E-state index in [1.54, 1.807) is 7.05 Å². The number of hydrogen-bond acceptors (Lipinski definition) is 2. The van der Waals surface area contributed by atoms with Crippen molar-refractivity contribution in [2.75, 3.05) is 0 Å². The highest BCUT2D eigenvalue weighted by molar-refractivity contribution is 5.97. The van der Waals surface area contributed by atoms with Crippen LogP contribution >= 0.6 is 0 Å². The number of aryl methyl sites for hydroxylation is 4. The normalized spacial score (nSPS) is 10.9. The van der Waals surface area contributed by atoms with E-state index in [9.17, 15) is 14.7 Å². The maximum absolute atomic E-state index is 12.2. The average Bonchev–Trinajstić information content (AvgIpc) is 2.31. The zero-order valence-corrected chi connectivity index (χ0v) is 11.6. The van der Waals surface area contributed by atoms with Gasteiger partial charge in [-0.25, -0.2) is 4.79 Å². The van der Waals surface area contributed by atoms with Crippen LogP contribution in [0.15, 0.2) is 16.9 Å². The molecule has 2 rings (SSSR count). The van der Waals surface area contributed by atoms with Crippen molar-refractivity contribution in [3.05, 3.63) is 44.7 Å². The maximum atomic E-state index is 12.2. The van der Waals surface area contributed by atoms with Crippen molar-refractivity contribution in [2.24, 2.45) is 7.05 Å². The van der Waals surface area contributed by atoms with Gasteiger partial charge in [0.1, 0.15) is 5.56 Å². The lowest BCUT2D eigenvalue weighted by Crippen LogP contribution is -2.27. The first-order valence-corrected chi connectivity index (χ1v) is 6.24. The van der Waals surface area contributed by atoms with Crippen LogP contribution in [0.5, 0.6) is 0 Å². The fraction of sp³-hybridized carbons (Fsp3) is 0.333. The van der Waals surface area contributed by atoms with Crippen molar-refractivity contribution in [1.82, 2.24) is 4.57 Å². The minimum atomic E-state index is -1.15. The molecule has 0 bridgehead atoms. The number of benzene rings is 1. The second-order valence-corrected chi connectivity index (χ2v) is 4.85. The van der Waals surface area contributed by atoms with Gasteiger partial charge in [-0.05, 0) is 37.5 Å². The highest BCUT2D eigenvalue weighted by atomic mass is 16.4. The van der Waals surface area contributed by atoms with Gasteiger partial charge in [0, 0.05) is 12.4 Å². The van der Waals surface area contributed by atoms with Crippen LogP contribution in [-0.4, -0.2) is 15.6 Å². The molecule has 1 N–H and O–H groups in total. The summed E-state index contributed by atoms with van der Waals surface area (Å²) in [4.78, 5) is 23.6. The first kappa shape index (κ1) is 13.3. The standard InChI is InChI=1S/C15H17NO3/c1-5-10-11-7-8(2)6-9(3)13(11)16(4)14(17)12(10)15(18)19/h6-7H,5H2,1-4H3,(H,18,19). The smallest absolute Gasteiger partial charge is 0.341 e. The van der Waals surface area contributed by atoms with Gasteiger partial charge in [0.05, 0.1) is 5.52 Å². The summed E-state index contributed by atoms with van der Waals surface area (Å²) >= 11 is 0. The predicted molar refractivity (Wildman–Crippen MR) is 75.0 cm³/mol. The maximum Gasteiger partial charge on any atom is 0.341 e. The van der Waals surface area contributed by atoms with Gasteiger partial charge in [-0.3, -0.25) is 4.79 Å². The summed E-state index contributed by atoms with van der Waals surface area (Å²) in [6, 6.07) is 3.95. The molecule has 2 aromatic rings. The van der Waals surface area contributed by atoms with Crippen LogP contribution in [0.4, 0.5) is 0 Å². The van der Waals surface area contributed by atoms with Crippen molar-refractivity contribution < 1.29 is 9.90 Å². The topological polar surface area (TPSA) is 59.3 Å². The first-order valence-electron chi connectivity index (χ1n) is 6.24. The third kappa shape index (κ3) is 1.93. The Balaban J connectivity index is 3.14. The summed E-state index contributed by atoms with van der Waals surface area (Å²) in [6.45, 7) is 5.78. The number of pyridine rings is 1. The zero-order valence-electron chi connectivity index (χ0n) is 11.6. The van der Waals surface area contributed by atoms with Gasteiger partial charge in [-0.15, -0.1) is 0 Å². The van der Waals surface area contributed by atoms with E-state index in [1.807, 2.05) is 32.9 Å². The molecule has 100 valence electrons. The lowest BCUT2D eigenvalue weighted by atomic mass is 9.97. The Morgan fingerprint density at radius 1 is 1.32 bits per heavy atom. The summed E-state index contributed by atoms with van der Waals surface area (Å²) in [5, 5.41) is 10.1. The Bertz CT molecular complexity index is 741. The SMILES string of the molecule is CCc1c(C(=O)O)c(=O)n(C)c2c(C)cc(C)cc12. The van der Waals surface area contributed by atoms with E-state index in [1.165, 1.54) is 4.57 Å². The molecule has 0 fully saturated rings. The molecule has 0 saturated heterocycles. The van der Waals surface area contributed by atoms with Crippen molar-refractivity contribution in [1.29, 1.82) is 0 Å². The van der Waals surface area contributed by atoms with Crippen molar-refractivity contribution in [3.63, 3.8) is 0 Å². The summed E-state index contributed by atoms with van der Waals surface area (Å²) in [7, 11) is 1.62. The van der Waals surface area contributed by atoms with E-state index in [-0.39, 0.29) is 5.56 Å². The second-order valence-electron chi connectivity index (χ2n) is 4.85. The Labute approximate surface area is 111 Å². The molecule has 0 aliphatic heterocycles. The molecule has 0 atom stereocenters. The second kappa shape index (κ2) is 4.53. The molecule has 19 heavy (non-hydrogen) atoms. The van der Waals surface area contributed by atoms with Crippen LogP contribution in [-0.2, 0) is 13.5 Å². The number of carbonyl (C=O) groups is 1. The number of rotatable bonds is 2. The Kier molecular flexibility index (Phi) is 3.18. The highest BCUT2D eigenvalue weighted by Gasteiger charge is 2.20. The van der Waals surface area contributed by atoms with Gasteiger partial charge >= 0.3 is 5.97 Å². The molecule has 1 heterocycles. The number of aromatic carboxylic acids is 1. The number of carboxylic acids is 1. The van der Waals surface area contributed by atoms with E-state index in [0.29, 0.717) is 12.0 Å². The van der Waals surface area contributed by atoms with Crippen LogP contribution in [0.25, 0.3) is 10.9 Å². The summed E-state index contributed by atoms with van der Waals surface area (Å²) in [5.74, 6) is -1.15. The van der Waals surface area contributed by atoms with Crippen LogP contribution < -0.4 is 5.56 Å². The van der Waals surface area contributed by atoms with Crippen LogP contribution in [0, 0.1) is 13.8 Å². The van der Waals surface area contributed by atoms with Crippen molar-refractivity contribution in [3.8, 4) is 0 Å². The highest BCUT2D eigenvalue weighted by Crippen LogP contribution is 2.24. The Morgan fingerprint density at radius 3 is 2.47 bits per heavy atom. The number of aromatic nitrogens is 1. The molecule has 0 unspecified atom stereocenters. The Hall–Kier alpha value is -2.10. The molecule has 0 amide bonds. The molecule has 4 nitrogen and oxygen atoms in total. The van der Waals surface area contributed by atoms with Crippen LogP contribution in [0.3, 0.4) is 0 Å². The van der Waals surface area contributed by atoms with Crippen LogP contribution in [0.2, 0.25) is 0 Å². The van der Waals surface area contributed by atoms with Gasteiger partial charge in [0.15, 0.2) is 0 Å². The molecule has 0 saturated carbocycles. The van der Waals surface area contributed by atoms with Crippen LogP contribution in [0.1, 0.15) is 34.0 Å². The van der Waals surface area contributed by atoms with E-state index < -0.39 is 11.5 Å². The number of carboxylic acid groups (broad SMARTS) is 1. The van der Waals surface area contributed by atoms with Crippen molar-refractivity contribution >= 4 is 16.9 Å². The van der Waals surface area contributed by atoms with Gasteiger partial charge < -0.3 is 9.67 Å². The molecule has 1 aromatic carbocycles. The minimum Gasteiger partial charge on any atom is -0.477 e.